The molecular weight excluding hydrogens is 320 g/mol. The third-order valence-corrected chi connectivity index (χ3v) is 5.04. The molecule has 6 heteroatoms. The number of benzene rings is 1. The van der Waals surface area contributed by atoms with Gasteiger partial charge in [-0.15, -0.1) is 24.2 Å². The molecule has 2 rings (SSSR count). The molecule has 1 unspecified atom stereocenters. The van der Waals surface area contributed by atoms with Gasteiger partial charge in [0.25, 0.3) is 0 Å². The Morgan fingerprint density at radius 2 is 1.91 bits per heavy atom. The molecule has 0 spiro atoms. The monoisotopic (exact) mass is 344 g/mol. The third kappa shape index (κ3) is 6.07. The molecular formula is C16H25ClN2O2S. The standard InChI is InChI=1S/C16H24N2O2S.ClH/c17-10-15(12-4-2-1-3-5-12)18-16(20)11-21-14-8-6-13(19)7-9-14;/h6-9,12,15,19H,1-5,10-11,17H2,(H,18,20);1H. The van der Waals surface area contributed by atoms with Crippen molar-refractivity contribution in [2.24, 2.45) is 11.7 Å². The lowest BCUT2D eigenvalue weighted by Gasteiger charge is -2.30. The fourth-order valence-electron chi connectivity index (χ4n) is 2.85. The Hall–Kier alpha value is -0.910. The number of carbonyl (C=O) groups excluding carboxylic acids is 1. The molecule has 0 radical (unpaired) electrons. The molecule has 0 aliphatic heterocycles. The zero-order chi connectivity index (χ0) is 15.1. The van der Waals surface area contributed by atoms with Crippen LogP contribution in [0.3, 0.4) is 0 Å². The number of halogens is 1. The van der Waals surface area contributed by atoms with Crippen molar-refractivity contribution in [3.8, 4) is 5.75 Å². The van der Waals surface area contributed by atoms with Gasteiger partial charge in [-0.25, -0.2) is 0 Å². The van der Waals surface area contributed by atoms with Crippen molar-refractivity contribution in [2.75, 3.05) is 12.3 Å². The molecule has 1 aromatic rings. The molecule has 0 saturated heterocycles. The number of nitrogens with two attached hydrogens (primary N) is 1. The maximum Gasteiger partial charge on any atom is 0.230 e. The molecule has 124 valence electrons. The lowest BCUT2D eigenvalue weighted by molar-refractivity contribution is -0.119. The minimum atomic E-state index is 0. The Labute approximate surface area is 142 Å². The van der Waals surface area contributed by atoms with Gasteiger partial charge in [-0.2, -0.15) is 0 Å². The highest BCUT2D eigenvalue weighted by Crippen LogP contribution is 2.26. The van der Waals surface area contributed by atoms with Crippen LogP contribution in [0.1, 0.15) is 32.1 Å². The first-order valence-electron chi connectivity index (χ1n) is 7.60. The SMILES string of the molecule is Cl.NCC(NC(=O)CSc1ccc(O)cc1)C1CCCCC1. The van der Waals surface area contributed by atoms with E-state index in [2.05, 4.69) is 5.32 Å². The summed E-state index contributed by atoms with van der Waals surface area (Å²) in [6.45, 7) is 0.514. The van der Waals surface area contributed by atoms with Gasteiger partial charge in [-0.3, -0.25) is 4.79 Å². The zero-order valence-electron chi connectivity index (χ0n) is 12.7. The summed E-state index contributed by atoms with van der Waals surface area (Å²) in [4.78, 5) is 13.0. The molecule has 1 saturated carbocycles. The van der Waals surface area contributed by atoms with Gasteiger partial charge in [0, 0.05) is 17.5 Å². The van der Waals surface area contributed by atoms with Crippen molar-refractivity contribution < 1.29 is 9.90 Å². The average Bonchev–Trinajstić information content (AvgIpc) is 2.53. The molecule has 4 nitrogen and oxygen atoms in total. The predicted octanol–water partition coefficient (Wildman–Crippen LogP) is 2.93. The van der Waals surface area contributed by atoms with E-state index in [1.54, 1.807) is 12.1 Å². The van der Waals surface area contributed by atoms with E-state index >= 15 is 0 Å². The van der Waals surface area contributed by atoms with Crippen LogP contribution >= 0.6 is 24.2 Å². The second kappa shape index (κ2) is 9.98. The molecule has 22 heavy (non-hydrogen) atoms. The topological polar surface area (TPSA) is 75.3 Å². The van der Waals surface area contributed by atoms with E-state index in [1.165, 1.54) is 43.9 Å². The van der Waals surface area contributed by atoms with Gasteiger partial charge in [-0.05, 0) is 43.0 Å². The van der Waals surface area contributed by atoms with Gasteiger partial charge in [0.2, 0.25) is 5.91 Å². The van der Waals surface area contributed by atoms with Gasteiger partial charge < -0.3 is 16.2 Å². The molecule has 0 heterocycles. The van der Waals surface area contributed by atoms with Crippen LogP contribution in [0.5, 0.6) is 5.75 Å². The van der Waals surface area contributed by atoms with Crippen LogP contribution < -0.4 is 11.1 Å². The first kappa shape index (κ1) is 19.1. The maximum atomic E-state index is 12.1. The van der Waals surface area contributed by atoms with Crippen LogP contribution in [0, 0.1) is 5.92 Å². The quantitative estimate of drug-likeness (QED) is 0.693. The van der Waals surface area contributed by atoms with Gasteiger partial charge in [0.15, 0.2) is 0 Å². The van der Waals surface area contributed by atoms with Crippen LogP contribution in [-0.4, -0.2) is 29.4 Å². The Morgan fingerprint density at radius 3 is 2.50 bits per heavy atom. The van der Waals surface area contributed by atoms with Crippen LogP contribution in [0.4, 0.5) is 0 Å². The van der Waals surface area contributed by atoms with Crippen LogP contribution in [0.2, 0.25) is 0 Å². The largest absolute Gasteiger partial charge is 0.508 e. The minimum absolute atomic E-state index is 0. The zero-order valence-corrected chi connectivity index (χ0v) is 14.3. The van der Waals surface area contributed by atoms with E-state index in [9.17, 15) is 9.90 Å². The summed E-state index contributed by atoms with van der Waals surface area (Å²) >= 11 is 1.47. The summed E-state index contributed by atoms with van der Waals surface area (Å²) in [5, 5.41) is 12.3. The average molecular weight is 345 g/mol. The number of hydrogen-bond donors (Lipinski definition) is 3. The number of phenols is 1. The second-order valence-corrected chi connectivity index (χ2v) is 6.64. The van der Waals surface area contributed by atoms with Crippen LogP contribution in [-0.2, 0) is 4.79 Å². The highest BCUT2D eigenvalue weighted by atomic mass is 35.5. The second-order valence-electron chi connectivity index (χ2n) is 5.59. The van der Waals surface area contributed by atoms with Crippen LogP contribution in [0.25, 0.3) is 0 Å². The molecule has 1 fully saturated rings. The molecule has 0 bridgehead atoms. The van der Waals surface area contributed by atoms with Crippen molar-refractivity contribution in [3.63, 3.8) is 0 Å². The third-order valence-electron chi connectivity index (χ3n) is 4.03. The molecule has 1 atom stereocenters. The number of rotatable bonds is 6. The summed E-state index contributed by atoms with van der Waals surface area (Å²) in [7, 11) is 0. The molecule has 1 aliphatic carbocycles. The highest BCUT2D eigenvalue weighted by Gasteiger charge is 2.23. The number of carbonyl (C=O) groups is 1. The lowest BCUT2D eigenvalue weighted by atomic mass is 9.84. The first-order chi connectivity index (χ1) is 10.2. The lowest BCUT2D eigenvalue weighted by Crippen LogP contribution is -2.46. The summed E-state index contributed by atoms with van der Waals surface area (Å²) in [6, 6.07) is 7.00. The number of amides is 1. The van der Waals surface area contributed by atoms with Crippen LogP contribution in [0.15, 0.2) is 29.2 Å². The number of phenolic OH excluding ortho intramolecular Hbond substituents is 1. The molecule has 0 aromatic heterocycles. The first-order valence-corrected chi connectivity index (χ1v) is 8.59. The fourth-order valence-corrected chi connectivity index (χ4v) is 3.56. The number of aromatic hydroxyl groups is 1. The number of nitrogens with one attached hydrogen (secondary N) is 1. The van der Waals surface area contributed by atoms with E-state index in [1.807, 2.05) is 12.1 Å². The highest BCUT2D eigenvalue weighted by molar-refractivity contribution is 8.00. The van der Waals surface area contributed by atoms with Crippen molar-refractivity contribution in [3.05, 3.63) is 24.3 Å². The Kier molecular flexibility index (Phi) is 8.68. The smallest absolute Gasteiger partial charge is 0.230 e. The Morgan fingerprint density at radius 1 is 1.27 bits per heavy atom. The summed E-state index contributed by atoms with van der Waals surface area (Å²) in [6.07, 6.45) is 6.15. The van der Waals surface area contributed by atoms with E-state index in [0.29, 0.717) is 18.2 Å². The summed E-state index contributed by atoms with van der Waals surface area (Å²) in [5.74, 6) is 1.19. The summed E-state index contributed by atoms with van der Waals surface area (Å²) < 4.78 is 0. The summed E-state index contributed by atoms with van der Waals surface area (Å²) in [5.41, 5.74) is 5.83. The van der Waals surface area contributed by atoms with E-state index < -0.39 is 0 Å². The van der Waals surface area contributed by atoms with Crippen molar-refractivity contribution >= 4 is 30.1 Å². The normalized spacial score (nSPS) is 16.6. The minimum Gasteiger partial charge on any atom is -0.508 e. The number of thioether (sulfide) groups is 1. The van der Waals surface area contributed by atoms with Crippen molar-refractivity contribution in [1.82, 2.24) is 5.32 Å². The van der Waals surface area contributed by atoms with Gasteiger partial charge in [-0.1, -0.05) is 19.3 Å². The van der Waals surface area contributed by atoms with Gasteiger partial charge >= 0.3 is 0 Å². The number of hydrogen-bond acceptors (Lipinski definition) is 4. The molecule has 1 aromatic carbocycles. The molecule has 1 amide bonds. The predicted molar refractivity (Wildman–Crippen MR) is 93.6 cm³/mol. The Balaban J connectivity index is 0.00000242. The maximum absolute atomic E-state index is 12.1. The van der Waals surface area contributed by atoms with Crippen molar-refractivity contribution in [1.29, 1.82) is 0 Å². The fraction of sp³-hybridized carbons (Fsp3) is 0.562. The van der Waals surface area contributed by atoms with E-state index in [4.69, 9.17) is 5.73 Å². The molecule has 4 N–H and O–H groups in total. The van der Waals surface area contributed by atoms with Crippen molar-refractivity contribution in [2.45, 2.75) is 43.0 Å². The van der Waals surface area contributed by atoms with Gasteiger partial charge in [0.05, 0.1) is 5.75 Å². The Bertz CT molecular complexity index is 450. The van der Waals surface area contributed by atoms with E-state index in [-0.39, 0.29) is 30.1 Å². The van der Waals surface area contributed by atoms with E-state index in [0.717, 1.165) is 4.90 Å². The molecule has 1 aliphatic rings. The van der Waals surface area contributed by atoms with Gasteiger partial charge in [0.1, 0.15) is 5.75 Å².